The SMILES string of the molecule is O=C(COc1cccc(Br)c1)N/N=C\c1ccc(Br)cc1. The second kappa shape index (κ2) is 7.95. The smallest absolute Gasteiger partial charge is 0.277 e. The standard InChI is InChI=1S/C15H12Br2N2O2/c16-12-6-4-11(5-7-12)9-18-19-15(20)10-21-14-3-1-2-13(17)8-14/h1-9H,10H2,(H,19,20)/b18-9-. The predicted octanol–water partition coefficient (Wildman–Crippen LogP) is 3.74. The second-order valence-electron chi connectivity index (χ2n) is 4.09. The summed E-state index contributed by atoms with van der Waals surface area (Å²) in [5, 5.41) is 3.87. The molecule has 1 N–H and O–H groups in total. The van der Waals surface area contributed by atoms with Gasteiger partial charge >= 0.3 is 0 Å². The number of carbonyl (C=O) groups is 1. The molecule has 4 nitrogen and oxygen atoms in total. The van der Waals surface area contributed by atoms with Gasteiger partial charge in [0.1, 0.15) is 5.75 Å². The zero-order valence-electron chi connectivity index (χ0n) is 10.9. The summed E-state index contributed by atoms with van der Waals surface area (Å²) in [5.41, 5.74) is 3.31. The van der Waals surface area contributed by atoms with Crippen molar-refractivity contribution in [1.82, 2.24) is 5.43 Å². The summed E-state index contributed by atoms with van der Waals surface area (Å²) < 4.78 is 7.23. The van der Waals surface area contributed by atoms with E-state index in [1.807, 2.05) is 36.4 Å². The van der Waals surface area contributed by atoms with Crippen LogP contribution in [0.3, 0.4) is 0 Å². The Morgan fingerprint density at radius 3 is 2.62 bits per heavy atom. The highest BCUT2D eigenvalue weighted by molar-refractivity contribution is 9.10. The summed E-state index contributed by atoms with van der Waals surface area (Å²) in [5.74, 6) is 0.305. The fourth-order valence-electron chi connectivity index (χ4n) is 1.47. The Hall–Kier alpha value is -1.66. The minimum atomic E-state index is -0.316. The number of carbonyl (C=O) groups excluding carboxylic acids is 1. The van der Waals surface area contributed by atoms with Gasteiger partial charge in [-0.1, -0.05) is 50.1 Å². The van der Waals surface area contributed by atoms with Gasteiger partial charge in [0, 0.05) is 8.95 Å². The quantitative estimate of drug-likeness (QED) is 0.601. The van der Waals surface area contributed by atoms with E-state index < -0.39 is 0 Å². The lowest BCUT2D eigenvalue weighted by Crippen LogP contribution is -2.24. The molecule has 0 bridgehead atoms. The van der Waals surface area contributed by atoms with Crippen molar-refractivity contribution in [3.63, 3.8) is 0 Å². The summed E-state index contributed by atoms with van der Waals surface area (Å²) in [7, 11) is 0. The van der Waals surface area contributed by atoms with Gasteiger partial charge in [-0.15, -0.1) is 0 Å². The largest absolute Gasteiger partial charge is 0.484 e. The maximum Gasteiger partial charge on any atom is 0.277 e. The Balaban J connectivity index is 1.78. The van der Waals surface area contributed by atoms with Gasteiger partial charge in [0.05, 0.1) is 6.21 Å². The van der Waals surface area contributed by atoms with Crippen molar-refractivity contribution in [3.05, 3.63) is 63.0 Å². The van der Waals surface area contributed by atoms with Gasteiger partial charge in [-0.2, -0.15) is 5.10 Å². The van der Waals surface area contributed by atoms with Crippen molar-refractivity contribution in [3.8, 4) is 5.75 Å². The molecule has 2 aromatic rings. The van der Waals surface area contributed by atoms with Gasteiger partial charge in [0.25, 0.3) is 5.91 Å². The summed E-state index contributed by atoms with van der Waals surface area (Å²) >= 11 is 6.69. The van der Waals surface area contributed by atoms with Crippen molar-refractivity contribution in [2.45, 2.75) is 0 Å². The van der Waals surface area contributed by atoms with Crippen LogP contribution in [0.1, 0.15) is 5.56 Å². The topological polar surface area (TPSA) is 50.7 Å². The highest BCUT2D eigenvalue weighted by atomic mass is 79.9. The van der Waals surface area contributed by atoms with Crippen molar-refractivity contribution in [2.75, 3.05) is 6.61 Å². The maximum atomic E-state index is 11.6. The summed E-state index contributed by atoms with van der Waals surface area (Å²) in [6, 6.07) is 14.9. The molecule has 0 aromatic heterocycles. The Morgan fingerprint density at radius 1 is 1.14 bits per heavy atom. The van der Waals surface area contributed by atoms with Crippen molar-refractivity contribution in [2.24, 2.45) is 5.10 Å². The summed E-state index contributed by atoms with van der Waals surface area (Å²) in [6.07, 6.45) is 1.57. The zero-order valence-corrected chi connectivity index (χ0v) is 14.1. The van der Waals surface area contributed by atoms with Crippen LogP contribution < -0.4 is 10.2 Å². The van der Waals surface area contributed by atoms with Crippen LogP contribution in [0, 0.1) is 0 Å². The molecule has 0 aliphatic carbocycles. The molecule has 0 unspecified atom stereocenters. The van der Waals surface area contributed by atoms with E-state index in [1.54, 1.807) is 18.3 Å². The highest BCUT2D eigenvalue weighted by Crippen LogP contribution is 2.17. The number of nitrogens with one attached hydrogen (secondary N) is 1. The number of halogens is 2. The predicted molar refractivity (Wildman–Crippen MR) is 89.5 cm³/mol. The summed E-state index contributed by atoms with van der Waals surface area (Å²) in [4.78, 5) is 11.6. The van der Waals surface area contributed by atoms with Crippen molar-refractivity contribution < 1.29 is 9.53 Å². The fourth-order valence-corrected chi connectivity index (χ4v) is 2.11. The number of hydrogen-bond acceptors (Lipinski definition) is 3. The number of hydrazone groups is 1. The van der Waals surface area contributed by atoms with Crippen LogP contribution in [0.2, 0.25) is 0 Å². The van der Waals surface area contributed by atoms with Crippen LogP contribution in [0.25, 0.3) is 0 Å². The van der Waals surface area contributed by atoms with E-state index in [9.17, 15) is 4.79 Å². The molecule has 2 aromatic carbocycles. The molecule has 6 heteroatoms. The van der Waals surface area contributed by atoms with Crippen molar-refractivity contribution in [1.29, 1.82) is 0 Å². The Bertz CT molecular complexity index is 642. The minimum absolute atomic E-state index is 0.0892. The number of nitrogens with zero attached hydrogens (tertiary/aromatic N) is 1. The monoisotopic (exact) mass is 410 g/mol. The third-order valence-corrected chi connectivity index (χ3v) is 3.46. The Kier molecular flexibility index (Phi) is 5.95. The number of amides is 1. The minimum Gasteiger partial charge on any atom is -0.484 e. The van der Waals surface area contributed by atoms with E-state index in [-0.39, 0.29) is 12.5 Å². The molecule has 0 heterocycles. The fraction of sp³-hybridized carbons (Fsp3) is 0.0667. The molecule has 0 saturated carbocycles. The molecule has 0 radical (unpaired) electrons. The number of ether oxygens (including phenoxy) is 1. The molecule has 0 spiro atoms. The first-order valence-corrected chi connectivity index (χ1v) is 7.68. The van der Waals surface area contributed by atoms with E-state index in [0.717, 1.165) is 14.5 Å². The third-order valence-electron chi connectivity index (χ3n) is 2.44. The first kappa shape index (κ1) is 15.7. The van der Waals surface area contributed by atoms with Crippen LogP contribution in [0.5, 0.6) is 5.75 Å². The molecule has 21 heavy (non-hydrogen) atoms. The second-order valence-corrected chi connectivity index (χ2v) is 5.92. The lowest BCUT2D eigenvalue weighted by Gasteiger charge is -2.05. The summed E-state index contributed by atoms with van der Waals surface area (Å²) in [6.45, 7) is -0.0892. The van der Waals surface area contributed by atoms with Gasteiger partial charge in [-0.25, -0.2) is 5.43 Å². The highest BCUT2D eigenvalue weighted by Gasteiger charge is 2.01. The van der Waals surface area contributed by atoms with Crippen LogP contribution in [-0.2, 0) is 4.79 Å². The number of hydrogen-bond donors (Lipinski definition) is 1. The Labute approximate surface area is 139 Å². The molecule has 2 rings (SSSR count). The zero-order chi connectivity index (χ0) is 15.1. The molecule has 0 aliphatic rings. The van der Waals surface area contributed by atoms with E-state index in [0.29, 0.717) is 5.75 Å². The van der Waals surface area contributed by atoms with E-state index in [1.165, 1.54) is 0 Å². The van der Waals surface area contributed by atoms with Gasteiger partial charge < -0.3 is 4.74 Å². The van der Waals surface area contributed by atoms with Crippen LogP contribution >= 0.6 is 31.9 Å². The van der Waals surface area contributed by atoms with Crippen molar-refractivity contribution >= 4 is 44.0 Å². The molecule has 0 aliphatic heterocycles. The lowest BCUT2D eigenvalue weighted by atomic mass is 10.2. The maximum absolute atomic E-state index is 11.6. The van der Waals surface area contributed by atoms with Gasteiger partial charge in [0.2, 0.25) is 0 Å². The average Bonchev–Trinajstić information content (AvgIpc) is 2.47. The molecular formula is C15H12Br2N2O2. The molecule has 0 atom stereocenters. The van der Waals surface area contributed by atoms with Crippen LogP contribution in [-0.4, -0.2) is 18.7 Å². The lowest BCUT2D eigenvalue weighted by molar-refractivity contribution is -0.123. The Morgan fingerprint density at radius 2 is 1.90 bits per heavy atom. The van der Waals surface area contributed by atoms with E-state index >= 15 is 0 Å². The van der Waals surface area contributed by atoms with E-state index in [4.69, 9.17) is 4.74 Å². The average molecular weight is 412 g/mol. The van der Waals surface area contributed by atoms with Gasteiger partial charge in [-0.3, -0.25) is 4.79 Å². The third kappa shape index (κ3) is 5.69. The first-order valence-electron chi connectivity index (χ1n) is 6.09. The van der Waals surface area contributed by atoms with Crippen LogP contribution in [0.15, 0.2) is 62.6 Å². The molecular weight excluding hydrogens is 400 g/mol. The molecule has 108 valence electrons. The normalized spacial score (nSPS) is 10.6. The van der Waals surface area contributed by atoms with Crippen LogP contribution in [0.4, 0.5) is 0 Å². The first-order chi connectivity index (χ1) is 10.1. The van der Waals surface area contributed by atoms with E-state index in [2.05, 4.69) is 42.4 Å². The molecule has 1 amide bonds. The van der Waals surface area contributed by atoms with Gasteiger partial charge in [0.15, 0.2) is 6.61 Å². The molecule has 0 fully saturated rings. The number of rotatable bonds is 5. The molecule has 0 saturated heterocycles. The number of benzene rings is 2. The van der Waals surface area contributed by atoms with Gasteiger partial charge in [-0.05, 0) is 35.9 Å².